The van der Waals surface area contributed by atoms with E-state index in [1.165, 1.54) is 6.42 Å². The predicted octanol–water partition coefficient (Wildman–Crippen LogP) is 1.57. The molecule has 1 aliphatic heterocycles. The first-order valence-electron chi connectivity index (χ1n) is 8.52. The lowest BCUT2D eigenvalue weighted by Gasteiger charge is -2.37. The smallest absolute Gasteiger partial charge is 0.236 e. The summed E-state index contributed by atoms with van der Waals surface area (Å²) in [7, 11) is 0. The molecule has 0 aromatic heterocycles. The largest absolute Gasteiger partial charge is 0.351 e. The molecule has 2 aliphatic rings. The van der Waals surface area contributed by atoms with Crippen molar-refractivity contribution in [3.8, 4) is 0 Å². The number of carbonyl (C=O) groups excluding carboxylic acids is 1. The molecule has 2 fully saturated rings. The standard InChI is InChI=1S/C16H30FN3O2/c1-11-6-13-4-3-5-20(10-14(13)7-15(11)17)9-12(2)19-16(21)8-18-22/h11-15,18,22H,3-10H2,1-2H3,(H,19,21)/t11-,12+,13?,14?,15?/m1/s1. The van der Waals surface area contributed by atoms with E-state index < -0.39 is 6.17 Å². The lowest BCUT2D eigenvalue weighted by molar-refractivity contribution is -0.122. The van der Waals surface area contributed by atoms with Crippen molar-refractivity contribution in [3.05, 3.63) is 0 Å². The number of alkyl halides is 1. The van der Waals surface area contributed by atoms with Gasteiger partial charge < -0.3 is 15.4 Å². The molecule has 3 N–H and O–H groups in total. The van der Waals surface area contributed by atoms with Crippen LogP contribution in [-0.2, 0) is 4.79 Å². The van der Waals surface area contributed by atoms with E-state index in [0.717, 1.165) is 32.5 Å². The van der Waals surface area contributed by atoms with Crippen molar-refractivity contribution in [1.29, 1.82) is 0 Å². The molecule has 0 aromatic carbocycles. The van der Waals surface area contributed by atoms with Gasteiger partial charge in [0.25, 0.3) is 0 Å². The third-order valence-corrected chi connectivity index (χ3v) is 5.21. The van der Waals surface area contributed by atoms with Gasteiger partial charge in [-0.25, -0.2) is 4.39 Å². The summed E-state index contributed by atoms with van der Waals surface area (Å²) in [4.78, 5) is 13.8. The maximum absolute atomic E-state index is 14.0. The highest BCUT2D eigenvalue weighted by molar-refractivity contribution is 5.78. The molecule has 1 saturated carbocycles. The zero-order chi connectivity index (χ0) is 16.1. The zero-order valence-corrected chi connectivity index (χ0v) is 13.7. The molecule has 3 unspecified atom stereocenters. The van der Waals surface area contributed by atoms with Gasteiger partial charge in [-0.2, -0.15) is 5.48 Å². The van der Waals surface area contributed by atoms with Gasteiger partial charge in [-0.05, 0) is 56.9 Å². The van der Waals surface area contributed by atoms with Crippen molar-refractivity contribution in [2.45, 2.75) is 51.7 Å². The molecule has 0 bridgehead atoms. The fourth-order valence-corrected chi connectivity index (χ4v) is 4.11. The van der Waals surface area contributed by atoms with Crippen LogP contribution in [0.3, 0.4) is 0 Å². The summed E-state index contributed by atoms with van der Waals surface area (Å²) in [5, 5.41) is 11.4. The monoisotopic (exact) mass is 315 g/mol. The highest BCUT2D eigenvalue weighted by Crippen LogP contribution is 2.39. The first kappa shape index (κ1) is 17.6. The molecular formula is C16H30FN3O2. The van der Waals surface area contributed by atoms with Gasteiger partial charge in [0.15, 0.2) is 0 Å². The molecule has 0 radical (unpaired) electrons. The Balaban J connectivity index is 1.84. The van der Waals surface area contributed by atoms with E-state index in [1.54, 1.807) is 0 Å². The van der Waals surface area contributed by atoms with E-state index in [4.69, 9.17) is 5.21 Å². The van der Waals surface area contributed by atoms with Gasteiger partial charge in [0, 0.05) is 19.1 Å². The van der Waals surface area contributed by atoms with Gasteiger partial charge in [-0.15, -0.1) is 0 Å². The number of rotatable bonds is 5. The second kappa shape index (κ2) is 8.22. The van der Waals surface area contributed by atoms with Gasteiger partial charge in [0.2, 0.25) is 5.91 Å². The van der Waals surface area contributed by atoms with E-state index in [1.807, 2.05) is 19.3 Å². The summed E-state index contributed by atoms with van der Waals surface area (Å²) >= 11 is 0. The topological polar surface area (TPSA) is 64.6 Å². The van der Waals surface area contributed by atoms with Gasteiger partial charge in [0.1, 0.15) is 6.17 Å². The Bertz CT molecular complexity index is 369. The summed E-state index contributed by atoms with van der Waals surface area (Å²) in [5.74, 6) is 1.11. The highest BCUT2D eigenvalue weighted by atomic mass is 19.1. The summed E-state index contributed by atoms with van der Waals surface area (Å²) in [6.45, 7) is 6.67. The molecule has 128 valence electrons. The molecule has 5 atom stereocenters. The fourth-order valence-electron chi connectivity index (χ4n) is 4.11. The molecule has 5 nitrogen and oxygen atoms in total. The zero-order valence-electron chi connectivity index (χ0n) is 13.7. The van der Waals surface area contributed by atoms with Crippen LogP contribution in [0.25, 0.3) is 0 Å². The number of fused-ring (bicyclic) bond motifs is 1. The second-order valence-electron chi connectivity index (χ2n) is 7.19. The maximum Gasteiger partial charge on any atom is 0.236 e. The van der Waals surface area contributed by atoms with Crippen LogP contribution in [0.1, 0.15) is 39.5 Å². The quantitative estimate of drug-likeness (QED) is 0.674. The first-order chi connectivity index (χ1) is 10.5. The lowest BCUT2D eigenvalue weighted by atomic mass is 9.72. The number of hydroxylamine groups is 1. The summed E-state index contributed by atoms with van der Waals surface area (Å²) in [6.07, 6.45) is 3.41. The van der Waals surface area contributed by atoms with Crippen LogP contribution in [0, 0.1) is 17.8 Å². The Morgan fingerprint density at radius 2 is 2.18 bits per heavy atom. The number of halogens is 1. The van der Waals surface area contributed by atoms with E-state index in [2.05, 4.69) is 10.2 Å². The Morgan fingerprint density at radius 1 is 1.41 bits per heavy atom. The number of hydrogen-bond donors (Lipinski definition) is 3. The summed E-state index contributed by atoms with van der Waals surface area (Å²) < 4.78 is 14.0. The van der Waals surface area contributed by atoms with Gasteiger partial charge in [0.05, 0.1) is 6.54 Å². The third-order valence-electron chi connectivity index (χ3n) is 5.21. The fraction of sp³-hybridized carbons (Fsp3) is 0.938. The van der Waals surface area contributed by atoms with Gasteiger partial charge in [-0.3, -0.25) is 4.79 Å². The number of nitrogens with one attached hydrogen (secondary N) is 2. The van der Waals surface area contributed by atoms with Crippen molar-refractivity contribution in [2.75, 3.05) is 26.2 Å². The molecule has 1 aliphatic carbocycles. The van der Waals surface area contributed by atoms with E-state index >= 15 is 0 Å². The normalized spacial score (nSPS) is 34.5. The van der Waals surface area contributed by atoms with Crippen LogP contribution in [0.2, 0.25) is 0 Å². The second-order valence-corrected chi connectivity index (χ2v) is 7.19. The van der Waals surface area contributed by atoms with Crippen LogP contribution in [0.5, 0.6) is 0 Å². The molecule has 0 spiro atoms. The number of carbonyl (C=O) groups is 1. The van der Waals surface area contributed by atoms with Crippen LogP contribution in [0.4, 0.5) is 4.39 Å². The Labute approximate surface area is 132 Å². The summed E-state index contributed by atoms with van der Waals surface area (Å²) in [5.41, 5.74) is 1.87. The van der Waals surface area contributed by atoms with Crippen LogP contribution >= 0.6 is 0 Å². The molecular weight excluding hydrogens is 285 g/mol. The minimum Gasteiger partial charge on any atom is -0.351 e. The molecule has 1 amide bonds. The number of hydrogen-bond acceptors (Lipinski definition) is 4. The van der Waals surface area contributed by atoms with Crippen molar-refractivity contribution >= 4 is 5.91 Å². The number of amides is 1. The first-order valence-corrected chi connectivity index (χ1v) is 8.52. The predicted molar refractivity (Wildman–Crippen MR) is 83.3 cm³/mol. The van der Waals surface area contributed by atoms with Crippen LogP contribution in [0.15, 0.2) is 0 Å². The maximum atomic E-state index is 14.0. The molecule has 0 aromatic rings. The minimum absolute atomic E-state index is 0.0288. The van der Waals surface area contributed by atoms with Gasteiger partial charge >= 0.3 is 0 Å². The Kier molecular flexibility index (Phi) is 6.59. The van der Waals surface area contributed by atoms with E-state index in [9.17, 15) is 9.18 Å². The van der Waals surface area contributed by atoms with Crippen molar-refractivity contribution < 1.29 is 14.4 Å². The molecule has 6 heteroatoms. The van der Waals surface area contributed by atoms with Crippen LogP contribution < -0.4 is 10.8 Å². The molecule has 22 heavy (non-hydrogen) atoms. The molecule has 1 saturated heterocycles. The Morgan fingerprint density at radius 3 is 2.91 bits per heavy atom. The molecule has 2 rings (SSSR count). The van der Waals surface area contributed by atoms with Crippen molar-refractivity contribution in [1.82, 2.24) is 15.7 Å². The Hall–Kier alpha value is -0.720. The average Bonchev–Trinajstić information content (AvgIpc) is 2.61. The minimum atomic E-state index is -0.658. The van der Waals surface area contributed by atoms with Crippen molar-refractivity contribution in [2.24, 2.45) is 17.8 Å². The van der Waals surface area contributed by atoms with E-state index in [-0.39, 0.29) is 24.4 Å². The average molecular weight is 315 g/mol. The SMILES string of the molecule is C[C@@H]1CC2CCCN(C[C@H](C)NC(=O)CNO)CC2CC1F. The third kappa shape index (κ3) is 4.89. The van der Waals surface area contributed by atoms with Crippen LogP contribution in [-0.4, -0.2) is 54.4 Å². The number of likely N-dealkylation sites (tertiary alicyclic amines) is 1. The highest BCUT2D eigenvalue weighted by Gasteiger charge is 2.37. The number of nitrogens with zero attached hydrogens (tertiary/aromatic N) is 1. The molecule has 1 heterocycles. The van der Waals surface area contributed by atoms with E-state index in [0.29, 0.717) is 18.3 Å². The summed E-state index contributed by atoms with van der Waals surface area (Å²) in [6, 6.07) is 0.0288. The lowest BCUT2D eigenvalue weighted by Crippen LogP contribution is -2.46. The van der Waals surface area contributed by atoms with Crippen molar-refractivity contribution in [3.63, 3.8) is 0 Å². The van der Waals surface area contributed by atoms with Gasteiger partial charge in [-0.1, -0.05) is 6.92 Å².